The van der Waals surface area contributed by atoms with Crippen molar-refractivity contribution >= 4 is 9.84 Å². The van der Waals surface area contributed by atoms with Crippen LogP contribution in [0.5, 0.6) is 0 Å². The quantitative estimate of drug-likeness (QED) is 0.629. The fourth-order valence-electron chi connectivity index (χ4n) is 2.88. The molecule has 0 unspecified atom stereocenters. The lowest BCUT2D eigenvalue weighted by molar-refractivity contribution is 0.545. The molecule has 0 atom stereocenters. The summed E-state index contributed by atoms with van der Waals surface area (Å²) < 4.78 is 38.2. The summed E-state index contributed by atoms with van der Waals surface area (Å²) in [4.78, 5) is 12.7. The maximum Gasteiger partial charge on any atom is 0.267 e. The summed E-state index contributed by atoms with van der Waals surface area (Å²) in [7, 11) is -3.32. The molecule has 0 spiro atoms. The zero-order valence-electron chi connectivity index (χ0n) is 15.7. The average Bonchev–Trinajstić information content (AvgIpc) is 2.67. The molecule has 0 aliphatic heterocycles. The number of rotatable bonds is 6. The van der Waals surface area contributed by atoms with Crippen LogP contribution in [0, 0.1) is 5.82 Å². The molecule has 0 bridgehead atoms. The molecule has 1 heterocycles. The van der Waals surface area contributed by atoms with Crippen molar-refractivity contribution in [3.05, 3.63) is 70.8 Å². The lowest BCUT2D eigenvalue weighted by Gasteiger charge is -2.13. The van der Waals surface area contributed by atoms with Gasteiger partial charge in [0.1, 0.15) is 5.82 Å². The van der Waals surface area contributed by atoms with Crippen LogP contribution in [-0.2, 0) is 16.4 Å². The van der Waals surface area contributed by atoms with Crippen molar-refractivity contribution in [3.8, 4) is 22.4 Å². The Labute approximate surface area is 163 Å². The van der Waals surface area contributed by atoms with Crippen LogP contribution in [0.4, 0.5) is 4.39 Å². The highest BCUT2D eigenvalue weighted by atomic mass is 32.2. The number of aryl methyl sites for hydroxylation is 1. The topological polar surface area (TPSA) is 69.0 Å². The van der Waals surface area contributed by atoms with E-state index in [1.54, 1.807) is 24.3 Å². The molecule has 0 amide bonds. The molecule has 146 valence electrons. The van der Waals surface area contributed by atoms with Gasteiger partial charge in [0, 0.05) is 30.0 Å². The van der Waals surface area contributed by atoms with Gasteiger partial charge in [-0.3, -0.25) is 4.79 Å². The molecule has 0 aliphatic rings. The number of sulfone groups is 1. The summed E-state index contributed by atoms with van der Waals surface area (Å²) in [6, 6.07) is 13.7. The van der Waals surface area contributed by atoms with Gasteiger partial charge in [0.15, 0.2) is 9.84 Å². The van der Waals surface area contributed by atoms with Crippen LogP contribution in [0.1, 0.15) is 19.8 Å². The van der Waals surface area contributed by atoms with E-state index < -0.39 is 9.84 Å². The first-order chi connectivity index (χ1) is 13.3. The maximum absolute atomic E-state index is 13.4. The summed E-state index contributed by atoms with van der Waals surface area (Å²) in [5, 5.41) is 4.52. The standard InChI is InChI=1S/C21H21FN2O3S/c1-3-4-13-24-20(25)14-19(15-7-11-18(12-8-15)28(2,26)27)21(23-24)16-5-9-17(22)10-6-16/h5-12,14H,3-4,13H2,1-2H3. The van der Waals surface area contributed by atoms with Gasteiger partial charge in [-0.2, -0.15) is 5.10 Å². The van der Waals surface area contributed by atoms with E-state index in [-0.39, 0.29) is 16.3 Å². The van der Waals surface area contributed by atoms with Crippen LogP contribution >= 0.6 is 0 Å². The molecule has 5 nitrogen and oxygen atoms in total. The van der Waals surface area contributed by atoms with Gasteiger partial charge in [-0.1, -0.05) is 25.5 Å². The molecule has 0 saturated carbocycles. The van der Waals surface area contributed by atoms with E-state index in [0.717, 1.165) is 19.1 Å². The molecule has 1 aromatic heterocycles. The summed E-state index contributed by atoms with van der Waals surface area (Å²) in [6.45, 7) is 2.53. The number of hydrogen-bond acceptors (Lipinski definition) is 4. The van der Waals surface area contributed by atoms with Gasteiger partial charge in [-0.15, -0.1) is 0 Å². The summed E-state index contributed by atoms with van der Waals surface area (Å²) in [5.74, 6) is -0.359. The minimum Gasteiger partial charge on any atom is -0.268 e. The second-order valence-corrected chi connectivity index (χ2v) is 8.64. The van der Waals surface area contributed by atoms with Crippen molar-refractivity contribution in [1.29, 1.82) is 0 Å². The largest absolute Gasteiger partial charge is 0.268 e. The smallest absolute Gasteiger partial charge is 0.267 e. The lowest BCUT2D eigenvalue weighted by Crippen LogP contribution is -2.23. The van der Waals surface area contributed by atoms with E-state index in [1.165, 1.54) is 35.0 Å². The molecule has 2 aromatic carbocycles. The highest BCUT2D eigenvalue weighted by Crippen LogP contribution is 2.30. The van der Waals surface area contributed by atoms with Crippen molar-refractivity contribution in [2.45, 2.75) is 31.2 Å². The van der Waals surface area contributed by atoms with Crippen LogP contribution in [-0.4, -0.2) is 24.5 Å². The number of unbranched alkanes of at least 4 members (excludes halogenated alkanes) is 1. The highest BCUT2D eigenvalue weighted by molar-refractivity contribution is 7.90. The molecule has 0 aliphatic carbocycles. The highest BCUT2D eigenvalue weighted by Gasteiger charge is 2.14. The summed E-state index contributed by atoms with van der Waals surface area (Å²) >= 11 is 0. The minimum absolute atomic E-state index is 0.198. The number of nitrogens with zero attached hydrogens (tertiary/aromatic N) is 2. The normalized spacial score (nSPS) is 11.5. The number of halogens is 1. The van der Waals surface area contributed by atoms with Gasteiger partial charge in [0.05, 0.1) is 10.6 Å². The van der Waals surface area contributed by atoms with Crippen molar-refractivity contribution < 1.29 is 12.8 Å². The van der Waals surface area contributed by atoms with Gasteiger partial charge in [-0.25, -0.2) is 17.5 Å². The van der Waals surface area contributed by atoms with Crippen LogP contribution in [0.3, 0.4) is 0 Å². The monoisotopic (exact) mass is 400 g/mol. The molecule has 0 saturated heterocycles. The maximum atomic E-state index is 13.4. The Kier molecular flexibility index (Phi) is 5.74. The Balaban J connectivity index is 2.17. The van der Waals surface area contributed by atoms with Crippen LogP contribution in [0.2, 0.25) is 0 Å². The first-order valence-electron chi connectivity index (χ1n) is 8.98. The van der Waals surface area contributed by atoms with E-state index in [2.05, 4.69) is 5.10 Å². The minimum atomic E-state index is -3.32. The van der Waals surface area contributed by atoms with E-state index in [0.29, 0.717) is 28.9 Å². The predicted molar refractivity (Wildman–Crippen MR) is 107 cm³/mol. The molecule has 3 rings (SSSR count). The zero-order valence-corrected chi connectivity index (χ0v) is 16.5. The second-order valence-electron chi connectivity index (χ2n) is 6.62. The fraction of sp³-hybridized carbons (Fsp3) is 0.238. The van der Waals surface area contributed by atoms with Crippen LogP contribution < -0.4 is 5.56 Å². The molecular weight excluding hydrogens is 379 g/mol. The van der Waals surface area contributed by atoms with Gasteiger partial charge in [0.2, 0.25) is 0 Å². The first-order valence-corrected chi connectivity index (χ1v) is 10.9. The van der Waals surface area contributed by atoms with Crippen molar-refractivity contribution in [1.82, 2.24) is 9.78 Å². The van der Waals surface area contributed by atoms with Gasteiger partial charge in [0.25, 0.3) is 5.56 Å². The van der Waals surface area contributed by atoms with Crippen molar-refractivity contribution in [2.24, 2.45) is 0 Å². The Morgan fingerprint density at radius 3 is 2.18 bits per heavy atom. The van der Waals surface area contributed by atoms with E-state index in [9.17, 15) is 17.6 Å². The zero-order chi connectivity index (χ0) is 20.3. The Bertz CT molecular complexity index is 1140. The number of aromatic nitrogens is 2. The first kappa shape index (κ1) is 19.9. The lowest BCUT2D eigenvalue weighted by atomic mass is 10.00. The molecule has 28 heavy (non-hydrogen) atoms. The molecule has 0 N–H and O–H groups in total. The third kappa shape index (κ3) is 4.36. The Morgan fingerprint density at radius 1 is 1.00 bits per heavy atom. The molecule has 3 aromatic rings. The SMILES string of the molecule is CCCCn1nc(-c2ccc(F)cc2)c(-c2ccc(S(C)(=O)=O)cc2)cc1=O. The number of hydrogen-bond donors (Lipinski definition) is 0. The Hall–Kier alpha value is -2.80. The Morgan fingerprint density at radius 2 is 1.61 bits per heavy atom. The van der Waals surface area contributed by atoms with E-state index >= 15 is 0 Å². The van der Waals surface area contributed by atoms with E-state index in [4.69, 9.17) is 0 Å². The van der Waals surface area contributed by atoms with E-state index in [1.807, 2.05) is 6.92 Å². The van der Waals surface area contributed by atoms with Crippen LogP contribution in [0.25, 0.3) is 22.4 Å². The summed E-state index contributed by atoms with van der Waals surface area (Å²) in [6.07, 6.45) is 2.88. The molecule has 0 radical (unpaired) electrons. The molecule has 7 heteroatoms. The third-order valence-electron chi connectivity index (χ3n) is 4.43. The van der Waals surface area contributed by atoms with Crippen LogP contribution in [0.15, 0.2) is 64.3 Å². The predicted octanol–water partition coefficient (Wildman–Crippen LogP) is 3.92. The third-order valence-corrected chi connectivity index (χ3v) is 5.56. The average molecular weight is 400 g/mol. The molecular formula is C21H21FN2O3S. The van der Waals surface area contributed by atoms with Gasteiger partial charge < -0.3 is 0 Å². The molecule has 0 fully saturated rings. The second kappa shape index (κ2) is 8.06. The fourth-order valence-corrected chi connectivity index (χ4v) is 3.51. The summed E-state index contributed by atoms with van der Waals surface area (Å²) in [5.41, 5.74) is 2.22. The van der Waals surface area contributed by atoms with Gasteiger partial charge >= 0.3 is 0 Å². The number of benzene rings is 2. The van der Waals surface area contributed by atoms with Gasteiger partial charge in [-0.05, 0) is 48.4 Å². The van der Waals surface area contributed by atoms with Crippen molar-refractivity contribution in [2.75, 3.05) is 6.26 Å². The van der Waals surface area contributed by atoms with Crippen molar-refractivity contribution in [3.63, 3.8) is 0 Å².